The fraction of sp³-hybridized carbons (Fsp3) is 0.500. The Kier molecular flexibility index (Phi) is 4.68. The largest absolute Gasteiger partial charge is 0.466 e. The van der Waals surface area contributed by atoms with E-state index in [4.69, 9.17) is 4.74 Å². The molecule has 16 heavy (non-hydrogen) atoms. The topological polar surface area (TPSA) is 43.4 Å². The smallest absolute Gasteiger partial charge is 0.313 e. The molecule has 1 aromatic rings. The van der Waals surface area contributed by atoms with Crippen molar-refractivity contribution in [1.29, 1.82) is 0 Å². The highest BCUT2D eigenvalue weighted by Gasteiger charge is 2.13. The van der Waals surface area contributed by atoms with Gasteiger partial charge < -0.3 is 4.74 Å². The highest BCUT2D eigenvalue weighted by Crippen LogP contribution is 2.21. The minimum absolute atomic E-state index is 0.0839. The monoisotopic (exact) mass is 240 g/mol. The lowest BCUT2D eigenvalue weighted by Gasteiger charge is -2.01. The molecule has 1 aromatic heterocycles. The minimum atomic E-state index is -0.433. The number of hydrogen-bond donors (Lipinski definition) is 0. The Balaban J connectivity index is 2.52. The zero-order valence-electron chi connectivity index (χ0n) is 9.83. The van der Waals surface area contributed by atoms with Crippen LogP contribution in [0.15, 0.2) is 6.07 Å². The summed E-state index contributed by atoms with van der Waals surface area (Å²) in [4.78, 5) is 25.0. The fourth-order valence-corrected chi connectivity index (χ4v) is 2.45. The molecule has 0 saturated heterocycles. The van der Waals surface area contributed by atoms with E-state index in [1.165, 1.54) is 4.88 Å². The first-order valence-corrected chi connectivity index (χ1v) is 6.07. The van der Waals surface area contributed by atoms with Crippen LogP contribution in [0.5, 0.6) is 0 Å². The summed E-state index contributed by atoms with van der Waals surface area (Å²) in [7, 11) is 0. The van der Waals surface area contributed by atoms with Crippen LogP contribution >= 0.6 is 11.3 Å². The Labute approximate surface area is 99.4 Å². The van der Waals surface area contributed by atoms with Crippen LogP contribution in [0.25, 0.3) is 0 Å². The minimum Gasteiger partial charge on any atom is -0.466 e. The number of Topliss-reactive ketones (excluding diaryl/α,β-unsaturated/α-hetero) is 1. The van der Waals surface area contributed by atoms with E-state index in [2.05, 4.69) is 0 Å². The van der Waals surface area contributed by atoms with Crippen LogP contribution in [0.1, 0.15) is 28.7 Å². The molecule has 3 nitrogen and oxygen atoms in total. The van der Waals surface area contributed by atoms with Gasteiger partial charge in [-0.1, -0.05) is 0 Å². The molecule has 0 aliphatic carbocycles. The van der Waals surface area contributed by atoms with Gasteiger partial charge in [-0.3, -0.25) is 9.59 Å². The van der Waals surface area contributed by atoms with Crippen LogP contribution in [0.2, 0.25) is 0 Å². The van der Waals surface area contributed by atoms with Crippen molar-refractivity contribution < 1.29 is 14.3 Å². The maximum atomic E-state index is 11.6. The lowest BCUT2D eigenvalue weighted by atomic mass is 10.1. The second kappa shape index (κ2) is 5.80. The van der Waals surface area contributed by atoms with Gasteiger partial charge >= 0.3 is 5.97 Å². The SMILES string of the molecule is CCOC(=O)CC(=O)Cc1cc(C)sc1C. The molecular weight excluding hydrogens is 224 g/mol. The normalized spacial score (nSPS) is 10.2. The van der Waals surface area contributed by atoms with E-state index in [0.29, 0.717) is 13.0 Å². The Morgan fingerprint density at radius 1 is 1.38 bits per heavy atom. The van der Waals surface area contributed by atoms with Gasteiger partial charge in [0.2, 0.25) is 0 Å². The maximum Gasteiger partial charge on any atom is 0.313 e. The molecule has 1 rings (SSSR count). The third-order valence-electron chi connectivity index (χ3n) is 2.18. The van der Waals surface area contributed by atoms with Crippen molar-refractivity contribution in [2.75, 3.05) is 6.61 Å². The van der Waals surface area contributed by atoms with Gasteiger partial charge in [0.25, 0.3) is 0 Å². The first-order valence-electron chi connectivity index (χ1n) is 5.26. The molecule has 0 fully saturated rings. The van der Waals surface area contributed by atoms with E-state index >= 15 is 0 Å². The summed E-state index contributed by atoms with van der Waals surface area (Å²) in [5, 5.41) is 0. The van der Waals surface area contributed by atoms with Gasteiger partial charge in [-0.2, -0.15) is 0 Å². The molecule has 0 aliphatic rings. The number of carbonyl (C=O) groups excluding carboxylic acids is 2. The van der Waals surface area contributed by atoms with Crippen molar-refractivity contribution in [3.63, 3.8) is 0 Å². The van der Waals surface area contributed by atoms with Crippen LogP contribution in [-0.4, -0.2) is 18.4 Å². The van der Waals surface area contributed by atoms with Crippen LogP contribution in [0.3, 0.4) is 0 Å². The second-order valence-electron chi connectivity index (χ2n) is 3.64. The summed E-state index contributed by atoms with van der Waals surface area (Å²) in [5.74, 6) is -0.517. The van der Waals surface area contributed by atoms with Crippen LogP contribution in [-0.2, 0) is 20.7 Å². The number of rotatable bonds is 5. The third kappa shape index (κ3) is 3.77. The van der Waals surface area contributed by atoms with Crippen LogP contribution in [0.4, 0.5) is 0 Å². The van der Waals surface area contributed by atoms with Gasteiger partial charge in [0, 0.05) is 16.2 Å². The summed E-state index contributed by atoms with van der Waals surface area (Å²) >= 11 is 1.67. The first kappa shape index (κ1) is 12.9. The molecule has 4 heteroatoms. The quantitative estimate of drug-likeness (QED) is 0.586. The van der Waals surface area contributed by atoms with Crippen molar-refractivity contribution >= 4 is 23.1 Å². The lowest BCUT2D eigenvalue weighted by Crippen LogP contribution is -2.13. The molecule has 0 spiro atoms. The molecular formula is C12H16O3S. The summed E-state index contributed by atoms with van der Waals surface area (Å²) < 4.78 is 4.73. The van der Waals surface area contributed by atoms with Crippen molar-refractivity contribution in [1.82, 2.24) is 0 Å². The van der Waals surface area contributed by atoms with Gasteiger partial charge in [0.1, 0.15) is 12.2 Å². The zero-order valence-corrected chi connectivity index (χ0v) is 10.6. The zero-order chi connectivity index (χ0) is 12.1. The van der Waals surface area contributed by atoms with E-state index in [9.17, 15) is 9.59 Å². The standard InChI is InChI=1S/C12H16O3S/c1-4-15-12(14)7-11(13)6-10-5-8(2)16-9(10)3/h5H,4,6-7H2,1-3H3. The predicted octanol–water partition coefficient (Wildman–Crippen LogP) is 2.43. The van der Waals surface area contributed by atoms with Gasteiger partial charge in [-0.05, 0) is 32.4 Å². The Bertz CT molecular complexity index is 393. The van der Waals surface area contributed by atoms with Crippen molar-refractivity contribution in [3.05, 3.63) is 21.4 Å². The number of esters is 1. The Morgan fingerprint density at radius 3 is 2.56 bits per heavy atom. The van der Waals surface area contributed by atoms with E-state index in [-0.39, 0.29) is 12.2 Å². The van der Waals surface area contributed by atoms with E-state index in [0.717, 1.165) is 10.4 Å². The van der Waals surface area contributed by atoms with Gasteiger partial charge in [0.05, 0.1) is 6.61 Å². The molecule has 0 aliphatic heterocycles. The number of hydrogen-bond acceptors (Lipinski definition) is 4. The molecule has 88 valence electrons. The predicted molar refractivity (Wildman–Crippen MR) is 63.8 cm³/mol. The summed E-state index contributed by atoms with van der Waals surface area (Å²) in [5.41, 5.74) is 1.02. The maximum absolute atomic E-state index is 11.6. The lowest BCUT2D eigenvalue weighted by molar-refractivity contribution is -0.145. The molecule has 0 N–H and O–H groups in total. The molecule has 0 atom stereocenters. The Morgan fingerprint density at radius 2 is 2.06 bits per heavy atom. The molecule has 0 amide bonds. The molecule has 0 aromatic carbocycles. The highest BCUT2D eigenvalue weighted by molar-refractivity contribution is 7.12. The van der Waals surface area contributed by atoms with Crippen molar-refractivity contribution in [3.8, 4) is 0 Å². The fourth-order valence-electron chi connectivity index (χ4n) is 1.51. The van der Waals surface area contributed by atoms with Gasteiger partial charge in [-0.15, -0.1) is 11.3 Å². The van der Waals surface area contributed by atoms with Crippen molar-refractivity contribution in [2.45, 2.75) is 33.6 Å². The average Bonchev–Trinajstić information content (AvgIpc) is 2.44. The molecule has 0 bridgehead atoms. The third-order valence-corrected chi connectivity index (χ3v) is 3.19. The van der Waals surface area contributed by atoms with Gasteiger partial charge in [-0.25, -0.2) is 0 Å². The molecule has 1 heterocycles. The number of ketones is 1. The number of ether oxygens (including phenoxy) is 1. The first-order chi connectivity index (χ1) is 7.52. The van der Waals surface area contributed by atoms with E-state index < -0.39 is 5.97 Å². The van der Waals surface area contributed by atoms with E-state index in [1.54, 1.807) is 18.3 Å². The van der Waals surface area contributed by atoms with Crippen LogP contribution in [0, 0.1) is 13.8 Å². The Hall–Kier alpha value is -1.16. The summed E-state index contributed by atoms with van der Waals surface area (Å²) in [6.45, 7) is 6.05. The summed E-state index contributed by atoms with van der Waals surface area (Å²) in [6.07, 6.45) is 0.206. The number of carbonyl (C=O) groups is 2. The molecule has 0 unspecified atom stereocenters. The van der Waals surface area contributed by atoms with Crippen LogP contribution < -0.4 is 0 Å². The average molecular weight is 240 g/mol. The molecule has 0 saturated carbocycles. The number of aryl methyl sites for hydroxylation is 2. The highest BCUT2D eigenvalue weighted by atomic mass is 32.1. The number of thiophene rings is 1. The van der Waals surface area contributed by atoms with Crippen molar-refractivity contribution in [2.24, 2.45) is 0 Å². The van der Waals surface area contributed by atoms with Gasteiger partial charge in [0.15, 0.2) is 0 Å². The summed E-state index contributed by atoms with van der Waals surface area (Å²) in [6, 6.07) is 2.00. The molecule has 0 radical (unpaired) electrons. The van der Waals surface area contributed by atoms with E-state index in [1.807, 2.05) is 19.9 Å². The second-order valence-corrected chi connectivity index (χ2v) is 5.10.